The van der Waals surface area contributed by atoms with Crippen molar-refractivity contribution in [3.8, 4) is 17.0 Å². The molecule has 112 valence electrons. The number of carboxylic acids is 1. The van der Waals surface area contributed by atoms with Gasteiger partial charge in [0.05, 0.1) is 12.1 Å². The average Bonchev–Trinajstić information content (AvgIpc) is 2.78. The zero-order chi connectivity index (χ0) is 15.4. The maximum atomic E-state index is 12.1. The van der Waals surface area contributed by atoms with Gasteiger partial charge in [-0.2, -0.15) is 8.78 Å². The number of aliphatic carboxylic acids is 1. The molecule has 0 aliphatic heterocycles. The summed E-state index contributed by atoms with van der Waals surface area (Å²) in [5.74, 6) is -0.983. The molecule has 1 N–H and O–H groups in total. The zero-order valence-electron chi connectivity index (χ0n) is 10.7. The van der Waals surface area contributed by atoms with Crippen molar-refractivity contribution in [2.24, 2.45) is 0 Å². The lowest BCUT2D eigenvalue weighted by molar-refractivity contribution is -0.137. The van der Waals surface area contributed by atoms with E-state index >= 15 is 0 Å². The van der Waals surface area contributed by atoms with Gasteiger partial charge in [-0.3, -0.25) is 14.2 Å². The Labute approximate surface area is 122 Å². The van der Waals surface area contributed by atoms with E-state index in [4.69, 9.17) is 5.11 Å². The molecule has 0 bridgehead atoms. The van der Waals surface area contributed by atoms with Crippen LogP contribution in [-0.4, -0.2) is 22.3 Å². The molecule has 0 amide bonds. The van der Waals surface area contributed by atoms with E-state index < -0.39 is 12.6 Å². The van der Waals surface area contributed by atoms with Crippen LogP contribution < -0.4 is 9.61 Å². The van der Waals surface area contributed by atoms with E-state index in [1.54, 1.807) is 5.38 Å². The molecule has 0 aliphatic rings. The van der Waals surface area contributed by atoms with E-state index in [2.05, 4.69) is 4.74 Å². The van der Waals surface area contributed by atoms with Crippen LogP contribution in [0.1, 0.15) is 6.42 Å². The van der Waals surface area contributed by atoms with E-state index in [-0.39, 0.29) is 23.6 Å². The first-order valence-corrected chi connectivity index (χ1v) is 6.80. The Balaban J connectivity index is 2.25. The number of benzene rings is 1. The largest absolute Gasteiger partial charge is 0.481 e. The number of hydrogen-bond donors (Lipinski definition) is 1. The number of ether oxygens (including phenoxy) is 1. The summed E-state index contributed by atoms with van der Waals surface area (Å²) in [6.07, 6.45) is -0.170. The molecule has 2 aromatic rings. The maximum Gasteiger partial charge on any atom is 0.387 e. The fourth-order valence-corrected chi connectivity index (χ4v) is 2.57. The molecule has 21 heavy (non-hydrogen) atoms. The van der Waals surface area contributed by atoms with Gasteiger partial charge in [0.2, 0.25) is 0 Å². The van der Waals surface area contributed by atoms with Crippen LogP contribution in [0.25, 0.3) is 11.3 Å². The first kappa shape index (κ1) is 15.2. The van der Waals surface area contributed by atoms with Crippen LogP contribution in [0.4, 0.5) is 8.78 Å². The predicted octanol–water partition coefficient (Wildman–Crippen LogP) is 2.65. The molecule has 0 atom stereocenters. The minimum atomic E-state index is -2.90. The minimum Gasteiger partial charge on any atom is -0.481 e. The number of nitrogens with zero attached hydrogens (tertiary/aromatic N) is 1. The Hall–Kier alpha value is -2.22. The van der Waals surface area contributed by atoms with Crippen molar-refractivity contribution < 1.29 is 23.4 Å². The van der Waals surface area contributed by atoms with Crippen LogP contribution in [0.2, 0.25) is 0 Å². The minimum absolute atomic E-state index is 0.0170. The highest BCUT2D eigenvalue weighted by molar-refractivity contribution is 7.07. The first-order valence-electron chi connectivity index (χ1n) is 5.92. The molecule has 0 saturated heterocycles. The summed E-state index contributed by atoms with van der Waals surface area (Å²) in [6, 6.07) is 5.81. The normalized spacial score (nSPS) is 10.8. The van der Waals surface area contributed by atoms with E-state index in [1.807, 2.05) is 0 Å². The highest BCUT2D eigenvalue weighted by Gasteiger charge is 2.11. The molecular formula is C13H11F2NO4S. The van der Waals surface area contributed by atoms with Gasteiger partial charge in [0, 0.05) is 11.9 Å². The molecule has 2 rings (SSSR count). The second kappa shape index (κ2) is 6.49. The Bertz CT molecular complexity index is 678. The Morgan fingerprint density at radius 3 is 2.57 bits per heavy atom. The molecule has 0 radical (unpaired) electrons. The molecule has 0 unspecified atom stereocenters. The second-order valence-electron chi connectivity index (χ2n) is 4.09. The molecule has 0 fully saturated rings. The van der Waals surface area contributed by atoms with Crippen LogP contribution in [0.5, 0.6) is 5.75 Å². The topological polar surface area (TPSA) is 68.5 Å². The molecule has 5 nitrogen and oxygen atoms in total. The van der Waals surface area contributed by atoms with Crippen LogP contribution in [0.15, 0.2) is 34.4 Å². The fraction of sp³-hybridized carbons (Fsp3) is 0.231. The lowest BCUT2D eigenvalue weighted by atomic mass is 10.1. The number of aromatic nitrogens is 1. The number of hydrogen-bond acceptors (Lipinski definition) is 4. The average molecular weight is 315 g/mol. The van der Waals surface area contributed by atoms with E-state index in [0.29, 0.717) is 11.3 Å². The summed E-state index contributed by atoms with van der Waals surface area (Å²) in [5, 5.41) is 10.3. The van der Waals surface area contributed by atoms with Gasteiger partial charge in [0.15, 0.2) is 0 Å². The number of carbonyl (C=O) groups is 1. The van der Waals surface area contributed by atoms with Crippen molar-refractivity contribution in [3.63, 3.8) is 0 Å². The van der Waals surface area contributed by atoms with Gasteiger partial charge in [-0.15, -0.1) is 0 Å². The zero-order valence-corrected chi connectivity index (χ0v) is 11.5. The third-order valence-electron chi connectivity index (χ3n) is 2.71. The Morgan fingerprint density at radius 2 is 2.00 bits per heavy atom. The highest BCUT2D eigenvalue weighted by atomic mass is 32.1. The molecule has 1 aromatic carbocycles. The van der Waals surface area contributed by atoms with Crippen LogP contribution >= 0.6 is 11.3 Å². The van der Waals surface area contributed by atoms with Gasteiger partial charge in [-0.05, 0) is 29.8 Å². The van der Waals surface area contributed by atoms with E-state index in [0.717, 1.165) is 11.3 Å². The summed E-state index contributed by atoms with van der Waals surface area (Å²) in [6.45, 7) is -2.84. The van der Waals surface area contributed by atoms with Crippen molar-refractivity contribution in [2.75, 3.05) is 0 Å². The third-order valence-corrected chi connectivity index (χ3v) is 3.47. The van der Waals surface area contributed by atoms with Gasteiger partial charge in [0.1, 0.15) is 5.75 Å². The third kappa shape index (κ3) is 3.88. The standard InChI is InChI=1S/C13H11F2NO4S/c14-12(15)20-9-3-1-8(2-4-9)10-7-21-13(19)16(10)6-5-11(17)18/h1-4,7,12H,5-6H2,(H,17,18). The molecule has 0 aliphatic carbocycles. The van der Waals surface area contributed by atoms with E-state index in [1.165, 1.54) is 28.8 Å². The van der Waals surface area contributed by atoms with E-state index in [9.17, 15) is 18.4 Å². The fourth-order valence-electron chi connectivity index (χ4n) is 1.78. The predicted molar refractivity (Wildman–Crippen MR) is 72.9 cm³/mol. The summed E-state index contributed by atoms with van der Waals surface area (Å²) in [7, 11) is 0. The molecule has 8 heteroatoms. The van der Waals surface area contributed by atoms with Crippen LogP contribution in [0, 0.1) is 0 Å². The molecule has 1 heterocycles. The molecule has 0 saturated carbocycles. The Morgan fingerprint density at radius 1 is 1.33 bits per heavy atom. The van der Waals surface area contributed by atoms with Crippen molar-refractivity contribution in [2.45, 2.75) is 19.6 Å². The number of carboxylic acid groups (broad SMARTS) is 1. The lowest BCUT2D eigenvalue weighted by Gasteiger charge is -2.08. The monoisotopic (exact) mass is 315 g/mol. The van der Waals surface area contributed by atoms with Gasteiger partial charge in [0.25, 0.3) is 0 Å². The van der Waals surface area contributed by atoms with Gasteiger partial charge in [-0.25, -0.2) is 0 Å². The molecule has 0 spiro atoms. The van der Waals surface area contributed by atoms with Crippen molar-refractivity contribution in [1.82, 2.24) is 4.57 Å². The highest BCUT2D eigenvalue weighted by Crippen LogP contribution is 2.24. The maximum absolute atomic E-state index is 12.1. The first-order chi connectivity index (χ1) is 9.97. The number of alkyl halides is 2. The van der Waals surface area contributed by atoms with Crippen molar-refractivity contribution in [1.29, 1.82) is 0 Å². The Kier molecular flexibility index (Phi) is 4.69. The molecular weight excluding hydrogens is 304 g/mol. The van der Waals surface area contributed by atoms with Gasteiger partial charge in [-0.1, -0.05) is 11.3 Å². The number of rotatable bonds is 6. The summed E-state index contributed by atoms with van der Waals surface area (Å²) < 4.78 is 29.7. The number of thiazole rings is 1. The quantitative estimate of drug-likeness (QED) is 0.890. The SMILES string of the molecule is O=C(O)CCn1c(-c2ccc(OC(F)F)cc2)csc1=O. The number of halogens is 2. The van der Waals surface area contributed by atoms with Crippen molar-refractivity contribution >= 4 is 17.3 Å². The second-order valence-corrected chi connectivity index (χ2v) is 4.91. The van der Waals surface area contributed by atoms with Gasteiger partial charge < -0.3 is 9.84 Å². The van der Waals surface area contributed by atoms with Crippen molar-refractivity contribution in [3.05, 3.63) is 39.3 Å². The summed E-state index contributed by atoms with van der Waals surface area (Å²) >= 11 is 0.956. The molecule has 1 aromatic heterocycles. The van der Waals surface area contributed by atoms with Crippen LogP contribution in [0.3, 0.4) is 0 Å². The van der Waals surface area contributed by atoms with Gasteiger partial charge >= 0.3 is 17.5 Å². The lowest BCUT2D eigenvalue weighted by Crippen LogP contribution is -2.16. The summed E-state index contributed by atoms with van der Waals surface area (Å²) in [4.78, 5) is 22.0. The van der Waals surface area contributed by atoms with Crippen LogP contribution in [-0.2, 0) is 11.3 Å². The summed E-state index contributed by atoms with van der Waals surface area (Å²) in [5.41, 5.74) is 1.18. The smallest absolute Gasteiger partial charge is 0.387 e.